The van der Waals surface area contributed by atoms with Gasteiger partial charge in [-0.15, -0.1) is 0 Å². The average Bonchev–Trinajstić information content (AvgIpc) is 2.57. The van der Waals surface area contributed by atoms with E-state index >= 15 is 0 Å². The summed E-state index contributed by atoms with van der Waals surface area (Å²) in [5, 5.41) is 5.47. The first-order chi connectivity index (χ1) is 11.5. The van der Waals surface area contributed by atoms with Gasteiger partial charge in [-0.1, -0.05) is 0 Å². The van der Waals surface area contributed by atoms with Crippen LogP contribution in [0.25, 0.3) is 0 Å². The fourth-order valence-corrected chi connectivity index (χ4v) is 2.40. The molecule has 2 aromatic carbocycles. The molecule has 2 amide bonds. The Labute approximate surface area is 148 Å². The molecule has 0 aliphatic rings. The summed E-state index contributed by atoms with van der Waals surface area (Å²) < 4.78 is 10.5. The van der Waals surface area contributed by atoms with Gasteiger partial charge >= 0.3 is 0 Å². The van der Waals surface area contributed by atoms with Crippen LogP contribution in [0.1, 0.15) is 10.4 Å². The average molecular weight is 393 g/mol. The normalized spacial score (nSPS) is 10.1. The number of benzene rings is 2. The zero-order valence-corrected chi connectivity index (χ0v) is 14.8. The minimum Gasteiger partial charge on any atom is -0.497 e. The number of rotatable bonds is 6. The molecule has 2 N–H and O–H groups in total. The van der Waals surface area contributed by atoms with E-state index in [4.69, 9.17) is 9.47 Å². The molecule has 0 aliphatic carbocycles. The van der Waals surface area contributed by atoms with Crippen LogP contribution in [0.5, 0.6) is 5.75 Å². The quantitative estimate of drug-likeness (QED) is 0.790. The van der Waals surface area contributed by atoms with E-state index in [9.17, 15) is 9.59 Å². The molecular formula is C17H17BrN2O4. The fraction of sp³-hybridized carbons (Fsp3) is 0.176. The van der Waals surface area contributed by atoms with E-state index in [0.717, 1.165) is 0 Å². The molecule has 0 saturated heterocycles. The molecule has 0 radical (unpaired) electrons. The maximum absolute atomic E-state index is 12.4. The van der Waals surface area contributed by atoms with E-state index in [1.165, 1.54) is 7.11 Å². The van der Waals surface area contributed by atoms with Crippen molar-refractivity contribution in [3.63, 3.8) is 0 Å². The Morgan fingerprint density at radius 1 is 1.00 bits per heavy atom. The van der Waals surface area contributed by atoms with Gasteiger partial charge in [-0.05, 0) is 58.4 Å². The van der Waals surface area contributed by atoms with Crippen molar-refractivity contribution < 1.29 is 19.1 Å². The lowest BCUT2D eigenvalue weighted by Crippen LogP contribution is -2.17. The molecule has 7 heteroatoms. The lowest BCUT2D eigenvalue weighted by molar-refractivity contribution is -0.119. The van der Waals surface area contributed by atoms with Crippen LogP contribution in [0.2, 0.25) is 0 Å². The summed E-state index contributed by atoms with van der Waals surface area (Å²) in [5.41, 5.74) is 1.70. The number of hydrogen-bond donors (Lipinski definition) is 2. The zero-order chi connectivity index (χ0) is 17.5. The van der Waals surface area contributed by atoms with E-state index < -0.39 is 0 Å². The van der Waals surface area contributed by atoms with Crippen LogP contribution in [0.4, 0.5) is 11.4 Å². The van der Waals surface area contributed by atoms with Crippen LogP contribution in [0, 0.1) is 0 Å². The van der Waals surface area contributed by atoms with Crippen LogP contribution < -0.4 is 15.4 Å². The van der Waals surface area contributed by atoms with Crippen molar-refractivity contribution in [3.8, 4) is 5.75 Å². The number of hydrogen-bond acceptors (Lipinski definition) is 4. The number of anilines is 2. The first kappa shape index (κ1) is 18.0. The molecule has 0 spiro atoms. The van der Waals surface area contributed by atoms with Crippen LogP contribution in [0.3, 0.4) is 0 Å². The SMILES string of the molecule is COCC(=O)Nc1ccc(NC(=O)c2cc(OC)ccc2Br)cc1. The molecule has 0 atom stereocenters. The minimum atomic E-state index is -0.267. The largest absolute Gasteiger partial charge is 0.497 e. The number of nitrogens with one attached hydrogen (secondary N) is 2. The third-order valence-corrected chi connectivity index (χ3v) is 3.81. The second kappa shape index (κ2) is 8.47. The predicted octanol–water partition coefficient (Wildman–Crippen LogP) is 3.29. The number of carbonyl (C=O) groups excluding carboxylic acids is 2. The van der Waals surface area contributed by atoms with Gasteiger partial charge in [0.1, 0.15) is 12.4 Å². The Bertz CT molecular complexity index is 732. The molecule has 24 heavy (non-hydrogen) atoms. The topological polar surface area (TPSA) is 76.7 Å². The van der Waals surface area contributed by atoms with Crippen LogP contribution >= 0.6 is 15.9 Å². The maximum atomic E-state index is 12.4. The molecule has 0 heterocycles. The highest BCUT2D eigenvalue weighted by molar-refractivity contribution is 9.10. The highest BCUT2D eigenvalue weighted by atomic mass is 79.9. The van der Waals surface area contributed by atoms with Crippen LogP contribution in [0.15, 0.2) is 46.9 Å². The lowest BCUT2D eigenvalue weighted by Gasteiger charge is -2.10. The standard InChI is InChI=1S/C17H17BrN2O4/c1-23-10-16(21)19-11-3-5-12(6-4-11)20-17(22)14-9-13(24-2)7-8-15(14)18/h3-9H,10H2,1-2H3,(H,19,21)(H,20,22). The summed E-state index contributed by atoms with van der Waals surface area (Å²) in [5.74, 6) is 0.0890. The van der Waals surface area contributed by atoms with E-state index in [-0.39, 0.29) is 18.4 Å². The first-order valence-corrected chi connectivity index (χ1v) is 7.86. The summed E-state index contributed by atoms with van der Waals surface area (Å²) in [6.07, 6.45) is 0. The van der Waals surface area contributed by atoms with Gasteiger partial charge in [0.05, 0.1) is 12.7 Å². The first-order valence-electron chi connectivity index (χ1n) is 7.07. The van der Waals surface area contributed by atoms with E-state index in [1.807, 2.05) is 0 Å². The monoisotopic (exact) mass is 392 g/mol. The van der Waals surface area contributed by atoms with Crippen LogP contribution in [-0.4, -0.2) is 32.6 Å². The van der Waals surface area contributed by atoms with Gasteiger partial charge in [0.25, 0.3) is 5.91 Å². The molecule has 0 fully saturated rings. The molecule has 6 nitrogen and oxygen atoms in total. The van der Waals surface area contributed by atoms with Gasteiger partial charge in [0.2, 0.25) is 5.91 Å². The second-order valence-electron chi connectivity index (χ2n) is 4.86. The Hall–Kier alpha value is -2.38. The molecule has 126 valence electrons. The Morgan fingerprint density at radius 3 is 2.21 bits per heavy atom. The molecule has 0 saturated carbocycles. The third-order valence-electron chi connectivity index (χ3n) is 3.12. The van der Waals surface area contributed by atoms with Crippen molar-refractivity contribution in [3.05, 3.63) is 52.5 Å². The molecule has 2 rings (SSSR count). The summed E-state index contributed by atoms with van der Waals surface area (Å²) in [7, 11) is 3.00. The highest BCUT2D eigenvalue weighted by Gasteiger charge is 2.12. The van der Waals surface area contributed by atoms with Crippen molar-refractivity contribution in [2.75, 3.05) is 31.5 Å². The van der Waals surface area contributed by atoms with Gasteiger partial charge < -0.3 is 20.1 Å². The van der Waals surface area contributed by atoms with E-state index in [2.05, 4.69) is 26.6 Å². The molecular weight excluding hydrogens is 376 g/mol. The highest BCUT2D eigenvalue weighted by Crippen LogP contribution is 2.24. The Morgan fingerprint density at radius 2 is 1.62 bits per heavy atom. The van der Waals surface area contributed by atoms with E-state index in [1.54, 1.807) is 49.6 Å². The fourth-order valence-electron chi connectivity index (χ4n) is 1.97. The molecule has 0 aliphatic heterocycles. The van der Waals surface area contributed by atoms with Gasteiger partial charge in [0.15, 0.2) is 0 Å². The van der Waals surface area contributed by atoms with Gasteiger partial charge in [-0.3, -0.25) is 9.59 Å². The van der Waals surface area contributed by atoms with Crippen molar-refractivity contribution in [1.82, 2.24) is 0 Å². The number of ether oxygens (including phenoxy) is 2. The maximum Gasteiger partial charge on any atom is 0.256 e. The zero-order valence-electron chi connectivity index (χ0n) is 13.3. The van der Waals surface area contributed by atoms with Gasteiger partial charge in [0, 0.05) is 23.0 Å². The number of amides is 2. The lowest BCUT2D eigenvalue weighted by atomic mass is 10.2. The van der Waals surface area contributed by atoms with Crippen molar-refractivity contribution in [1.29, 1.82) is 0 Å². The third kappa shape index (κ3) is 4.81. The van der Waals surface area contributed by atoms with Crippen molar-refractivity contribution in [2.45, 2.75) is 0 Å². The predicted molar refractivity (Wildman–Crippen MR) is 95.6 cm³/mol. The number of halogens is 1. The second-order valence-corrected chi connectivity index (χ2v) is 5.71. The Balaban J connectivity index is 2.05. The summed E-state index contributed by atoms with van der Waals surface area (Å²) in [6.45, 7) is -0.0116. The number of methoxy groups -OCH3 is 2. The van der Waals surface area contributed by atoms with Gasteiger partial charge in [-0.25, -0.2) is 0 Å². The summed E-state index contributed by atoms with van der Waals surface area (Å²) in [4.78, 5) is 23.8. The van der Waals surface area contributed by atoms with Crippen molar-refractivity contribution in [2.24, 2.45) is 0 Å². The summed E-state index contributed by atoms with van der Waals surface area (Å²) in [6, 6.07) is 12.0. The smallest absolute Gasteiger partial charge is 0.256 e. The molecule has 2 aromatic rings. The Kier molecular flexibility index (Phi) is 6.34. The molecule has 0 unspecified atom stereocenters. The number of carbonyl (C=O) groups is 2. The summed E-state index contributed by atoms with van der Waals surface area (Å²) >= 11 is 3.35. The van der Waals surface area contributed by atoms with Crippen LogP contribution in [-0.2, 0) is 9.53 Å². The van der Waals surface area contributed by atoms with Gasteiger partial charge in [-0.2, -0.15) is 0 Å². The van der Waals surface area contributed by atoms with E-state index in [0.29, 0.717) is 27.2 Å². The molecule has 0 aromatic heterocycles. The van der Waals surface area contributed by atoms with Crippen molar-refractivity contribution >= 4 is 39.1 Å². The molecule has 0 bridgehead atoms. The minimum absolute atomic E-state index is 0.0116.